The van der Waals surface area contributed by atoms with Gasteiger partial charge >= 0.3 is 0 Å². The molecule has 1 aliphatic carbocycles. The van der Waals surface area contributed by atoms with Crippen molar-refractivity contribution in [2.45, 2.75) is 36.6 Å². The Labute approximate surface area is 169 Å². The van der Waals surface area contributed by atoms with Gasteiger partial charge in [0.15, 0.2) is 5.16 Å². The summed E-state index contributed by atoms with van der Waals surface area (Å²) in [7, 11) is 1.71. The molecule has 1 amide bonds. The highest BCUT2D eigenvalue weighted by atomic mass is 35.5. The first kappa shape index (κ1) is 18.5. The third-order valence-corrected chi connectivity index (χ3v) is 7.09. The number of hydrogen-bond donors (Lipinski definition) is 1. The molecule has 1 atom stereocenters. The molecule has 0 spiro atoms. The zero-order valence-electron chi connectivity index (χ0n) is 14.8. The number of aromatic nitrogens is 3. The minimum Gasteiger partial charge on any atom is -0.310 e. The van der Waals surface area contributed by atoms with Crippen molar-refractivity contribution in [2.24, 2.45) is 7.05 Å². The van der Waals surface area contributed by atoms with E-state index in [2.05, 4.69) is 15.3 Å². The maximum absolute atomic E-state index is 12.8. The Balaban J connectivity index is 1.57. The van der Waals surface area contributed by atoms with Crippen LogP contribution in [0.3, 0.4) is 0 Å². The van der Waals surface area contributed by atoms with Gasteiger partial charge in [0.1, 0.15) is 10.6 Å². The molecule has 0 aliphatic heterocycles. The van der Waals surface area contributed by atoms with Crippen molar-refractivity contribution in [1.29, 1.82) is 0 Å². The monoisotopic (exact) mass is 420 g/mol. The fraction of sp³-hybridized carbons (Fsp3) is 0.333. The van der Waals surface area contributed by atoms with Crippen LogP contribution in [0.2, 0.25) is 5.02 Å². The molecule has 3 heterocycles. The summed E-state index contributed by atoms with van der Waals surface area (Å²) in [5.74, 6) is 0.224. The van der Waals surface area contributed by atoms with Crippen LogP contribution in [-0.4, -0.2) is 25.7 Å². The van der Waals surface area contributed by atoms with Gasteiger partial charge in [-0.15, -0.1) is 11.3 Å². The van der Waals surface area contributed by atoms with Gasteiger partial charge in [-0.3, -0.25) is 14.2 Å². The molecule has 1 aliphatic rings. The number of hydrogen-bond acceptors (Lipinski definition) is 6. The van der Waals surface area contributed by atoms with Gasteiger partial charge in [-0.1, -0.05) is 23.4 Å². The van der Waals surface area contributed by atoms with E-state index in [1.807, 2.05) is 0 Å². The number of halogens is 1. The molecule has 3 aromatic rings. The van der Waals surface area contributed by atoms with Crippen LogP contribution in [0.5, 0.6) is 0 Å². The Hall–Kier alpha value is -1.90. The smallest absolute Gasteiger partial charge is 0.262 e. The lowest BCUT2D eigenvalue weighted by Crippen LogP contribution is -2.25. The molecule has 0 saturated heterocycles. The van der Waals surface area contributed by atoms with E-state index in [9.17, 15) is 9.59 Å². The third-order valence-electron chi connectivity index (χ3n) is 4.54. The molecule has 6 nitrogen and oxygen atoms in total. The summed E-state index contributed by atoms with van der Waals surface area (Å²) in [5, 5.41) is 4.11. The lowest BCUT2D eigenvalue weighted by Gasteiger charge is -2.13. The van der Waals surface area contributed by atoms with Crippen molar-refractivity contribution in [3.63, 3.8) is 0 Å². The van der Waals surface area contributed by atoms with Gasteiger partial charge in [0.2, 0.25) is 5.91 Å². The number of nitrogens with zero attached hydrogens (tertiary/aromatic N) is 3. The average molecular weight is 421 g/mol. The Morgan fingerprint density at radius 2 is 2.22 bits per heavy atom. The van der Waals surface area contributed by atoms with E-state index in [-0.39, 0.29) is 11.5 Å². The minimum atomic E-state index is -0.440. The molecule has 3 aromatic heterocycles. The number of fused-ring (bicyclic) bond motifs is 3. The second kappa shape index (κ2) is 7.26. The topological polar surface area (TPSA) is 76.9 Å². The summed E-state index contributed by atoms with van der Waals surface area (Å²) in [6.45, 7) is 1.78. The second-order valence-electron chi connectivity index (χ2n) is 6.41. The molecule has 1 N–H and O–H groups in total. The first-order valence-corrected chi connectivity index (χ1v) is 10.6. The van der Waals surface area contributed by atoms with Crippen molar-refractivity contribution >= 4 is 56.6 Å². The Morgan fingerprint density at radius 1 is 1.41 bits per heavy atom. The van der Waals surface area contributed by atoms with Crippen molar-refractivity contribution < 1.29 is 4.79 Å². The highest BCUT2D eigenvalue weighted by Crippen LogP contribution is 2.35. The molecule has 27 heavy (non-hydrogen) atoms. The summed E-state index contributed by atoms with van der Waals surface area (Å²) in [5.41, 5.74) is 1.13. The van der Waals surface area contributed by atoms with Gasteiger partial charge in [-0.25, -0.2) is 9.97 Å². The van der Waals surface area contributed by atoms with Gasteiger partial charge in [0.25, 0.3) is 5.56 Å². The normalized spacial score (nSPS) is 14.3. The second-order valence-corrected chi connectivity index (χ2v) is 9.24. The lowest BCUT2D eigenvalue weighted by atomic mass is 10.2. The van der Waals surface area contributed by atoms with E-state index in [1.165, 1.54) is 28.4 Å². The number of carbonyl (C=O) groups excluding carboxylic acids is 1. The number of aryl methyl sites for hydroxylation is 2. The molecule has 0 saturated carbocycles. The van der Waals surface area contributed by atoms with Crippen LogP contribution in [-0.2, 0) is 24.7 Å². The zero-order chi connectivity index (χ0) is 19.1. The number of anilines is 1. The average Bonchev–Trinajstić information content (AvgIpc) is 3.22. The molecule has 4 rings (SSSR count). The highest BCUT2D eigenvalue weighted by Gasteiger charge is 2.24. The SMILES string of the molecule is C[C@H](Sc1nc2sc3c(c2c(=O)n1C)CCC3)C(=O)Nc1ccc(Cl)cn1. The van der Waals surface area contributed by atoms with Crippen LogP contribution in [0.1, 0.15) is 23.8 Å². The molecule has 0 bridgehead atoms. The van der Waals surface area contributed by atoms with Crippen molar-refractivity contribution in [2.75, 3.05) is 5.32 Å². The number of thiophene rings is 1. The van der Waals surface area contributed by atoms with E-state index in [0.717, 1.165) is 29.5 Å². The predicted molar refractivity (Wildman–Crippen MR) is 110 cm³/mol. The molecule has 0 radical (unpaired) electrons. The fourth-order valence-electron chi connectivity index (χ4n) is 3.10. The van der Waals surface area contributed by atoms with Crippen molar-refractivity contribution in [3.8, 4) is 0 Å². The predicted octanol–water partition coefficient (Wildman–Crippen LogP) is 3.65. The van der Waals surface area contributed by atoms with Crippen molar-refractivity contribution in [1.82, 2.24) is 14.5 Å². The van der Waals surface area contributed by atoms with Gasteiger partial charge in [0, 0.05) is 18.1 Å². The quantitative estimate of drug-likeness (QED) is 0.515. The van der Waals surface area contributed by atoms with Crippen LogP contribution in [0, 0.1) is 0 Å². The maximum Gasteiger partial charge on any atom is 0.262 e. The zero-order valence-corrected chi connectivity index (χ0v) is 17.2. The van der Waals surface area contributed by atoms with E-state index in [0.29, 0.717) is 16.0 Å². The molecular formula is C18H17ClN4O2S2. The largest absolute Gasteiger partial charge is 0.310 e. The van der Waals surface area contributed by atoms with Gasteiger partial charge < -0.3 is 5.32 Å². The number of amides is 1. The molecule has 9 heteroatoms. The molecular weight excluding hydrogens is 404 g/mol. The molecule has 140 valence electrons. The van der Waals surface area contributed by atoms with Crippen LogP contribution in [0.25, 0.3) is 10.2 Å². The summed E-state index contributed by atoms with van der Waals surface area (Å²) >= 11 is 8.67. The number of thioether (sulfide) groups is 1. The van der Waals surface area contributed by atoms with Crippen LogP contribution in [0.4, 0.5) is 5.82 Å². The lowest BCUT2D eigenvalue weighted by molar-refractivity contribution is -0.115. The molecule has 0 aromatic carbocycles. The first-order chi connectivity index (χ1) is 12.9. The standard InChI is InChI=1S/C18H17ClN4O2S2/c1-9(15(24)21-13-7-6-10(19)8-20-13)26-18-22-16-14(17(25)23(18)2)11-4-3-5-12(11)27-16/h6-9H,3-5H2,1-2H3,(H,20,21,24)/t9-/m0/s1. The number of carbonyl (C=O) groups is 1. The van der Waals surface area contributed by atoms with Gasteiger partial charge in [0.05, 0.1) is 15.7 Å². The Kier molecular flexibility index (Phi) is 4.96. The Bertz CT molecular complexity index is 1090. The van der Waals surface area contributed by atoms with E-state index >= 15 is 0 Å². The summed E-state index contributed by atoms with van der Waals surface area (Å²) < 4.78 is 1.54. The summed E-state index contributed by atoms with van der Waals surface area (Å²) in [6.07, 6.45) is 4.55. The van der Waals surface area contributed by atoms with E-state index in [4.69, 9.17) is 11.6 Å². The highest BCUT2D eigenvalue weighted by molar-refractivity contribution is 8.00. The molecule has 0 fully saturated rings. The van der Waals surface area contributed by atoms with Crippen LogP contribution >= 0.6 is 34.7 Å². The summed E-state index contributed by atoms with van der Waals surface area (Å²) in [6, 6.07) is 3.31. The van der Waals surface area contributed by atoms with Crippen LogP contribution < -0.4 is 10.9 Å². The minimum absolute atomic E-state index is 0.0334. The number of rotatable bonds is 4. The fourth-order valence-corrected chi connectivity index (χ4v) is 5.39. The number of nitrogens with one attached hydrogen (secondary N) is 1. The maximum atomic E-state index is 12.8. The van der Waals surface area contributed by atoms with Crippen molar-refractivity contribution in [3.05, 3.63) is 44.1 Å². The van der Waals surface area contributed by atoms with E-state index in [1.54, 1.807) is 42.0 Å². The van der Waals surface area contributed by atoms with E-state index < -0.39 is 5.25 Å². The van der Waals surface area contributed by atoms with Gasteiger partial charge in [-0.05, 0) is 43.9 Å². The molecule has 0 unspecified atom stereocenters. The summed E-state index contributed by atoms with van der Waals surface area (Å²) in [4.78, 5) is 36.1. The van der Waals surface area contributed by atoms with Gasteiger partial charge in [-0.2, -0.15) is 0 Å². The number of pyridine rings is 1. The third kappa shape index (κ3) is 3.49. The Morgan fingerprint density at radius 3 is 2.96 bits per heavy atom. The first-order valence-electron chi connectivity index (χ1n) is 8.54. The van der Waals surface area contributed by atoms with Crippen LogP contribution in [0.15, 0.2) is 28.3 Å².